The van der Waals surface area contributed by atoms with Crippen molar-refractivity contribution in [3.63, 3.8) is 0 Å². The number of carbonyl (C=O) groups is 1. The molecule has 6 heteroatoms. The van der Waals surface area contributed by atoms with E-state index in [1.807, 2.05) is 13.0 Å². The van der Waals surface area contributed by atoms with Gasteiger partial charge >= 0.3 is 5.97 Å². The Labute approximate surface area is 176 Å². The first-order valence-corrected chi connectivity index (χ1v) is 16.5. The second-order valence-corrected chi connectivity index (χ2v) is 20.4. The Bertz CT molecular complexity index is 498. The Balaban J connectivity index is 5.76. The predicted octanol–water partition coefficient (Wildman–Crippen LogP) is 7.34. The summed E-state index contributed by atoms with van der Waals surface area (Å²) in [4.78, 5) is 10.8. The monoisotopic (exact) mass is 430 g/mol. The molecule has 0 saturated heterocycles. The molecule has 0 aliphatic rings. The summed E-state index contributed by atoms with van der Waals surface area (Å²) in [6.07, 6.45) is 7.58. The number of allylic oxidation sites excluding steroid dienone is 1. The van der Waals surface area contributed by atoms with Crippen molar-refractivity contribution < 1.29 is 18.8 Å². The van der Waals surface area contributed by atoms with Crippen LogP contribution in [0.2, 0.25) is 36.3 Å². The molecule has 0 amide bonds. The maximum absolute atomic E-state index is 10.8. The maximum Gasteiger partial charge on any atom is 0.303 e. The van der Waals surface area contributed by atoms with Crippen molar-refractivity contribution in [3.05, 3.63) is 12.2 Å². The zero-order chi connectivity index (χ0) is 22.4. The summed E-state index contributed by atoms with van der Waals surface area (Å²) in [5, 5.41) is 9.06. The van der Waals surface area contributed by atoms with Gasteiger partial charge in [0.1, 0.15) is 0 Å². The summed E-state index contributed by atoms with van der Waals surface area (Å²) >= 11 is 0. The number of carboxylic acid groups (broad SMARTS) is 1. The zero-order valence-corrected chi connectivity index (χ0v) is 22.4. The lowest BCUT2D eigenvalue weighted by molar-refractivity contribution is -0.137. The van der Waals surface area contributed by atoms with Crippen LogP contribution in [0.25, 0.3) is 0 Å². The fourth-order valence-electron chi connectivity index (χ4n) is 2.52. The Morgan fingerprint density at radius 2 is 1.29 bits per heavy atom. The maximum atomic E-state index is 10.8. The number of carboxylic acids is 1. The van der Waals surface area contributed by atoms with Crippen molar-refractivity contribution in [3.8, 4) is 0 Å². The molecule has 0 spiro atoms. The lowest BCUT2D eigenvalue weighted by atomic mass is 10.1. The number of aliphatic carboxylic acids is 1. The molecular formula is C22H46O4Si2. The quantitative estimate of drug-likeness (QED) is 0.161. The second-order valence-electron chi connectivity index (χ2n) is 11.0. The number of hydrogen-bond acceptors (Lipinski definition) is 3. The standard InChI is InChI=1S/C22H46O4Si2/c1-12-17-22(18-15-13-14-16-19(23)24,25-27(8,9)20(2,3)4)26-28(10,11)21(5,6)7/h12,17H,13-16,18H2,1-11H3,(H,23,24)/b17-12+. The second kappa shape index (κ2) is 10.0. The molecule has 0 bridgehead atoms. The highest BCUT2D eigenvalue weighted by Gasteiger charge is 2.49. The van der Waals surface area contributed by atoms with Crippen LogP contribution in [0.4, 0.5) is 0 Å². The van der Waals surface area contributed by atoms with E-state index in [0.717, 1.165) is 19.3 Å². The van der Waals surface area contributed by atoms with Gasteiger partial charge in [0.15, 0.2) is 22.4 Å². The van der Waals surface area contributed by atoms with Crippen LogP contribution in [0, 0.1) is 0 Å². The Morgan fingerprint density at radius 1 is 0.857 bits per heavy atom. The Kier molecular flexibility index (Phi) is 9.89. The van der Waals surface area contributed by atoms with E-state index in [9.17, 15) is 4.79 Å². The molecule has 0 aliphatic heterocycles. The first kappa shape index (κ1) is 27.6. The predicted molar refractivity (Wildman–Crippen MR) is 125 cm³/mol. The van der Waals surface area contributed by atoms with E-state index < -0.39 is 28.4 Å². The van der Waals surface area contributed by atoms with Crippen LogP contribution in [0.5, 0.6) is 0 Å². The zero-order valence-electron chi connectivity index (χ0n) is 20.4. The van der Waals surface area contributed by atoms with Gasteiger partial charge in [-0.05, 0) is 62.1 Å². The molecule has 0 radical (unpaired) electrons. The van der Waals surface area contributed by atoms with Gasteiger partial charge in [0.2, 0.25) is 0 Å². The van der Waals surface area contributed by atoms with E-state index >= 15 is 0 Å². The molecular weight excluding hydrogens is 384 g/mol. The van der Waals surface area contributed by atoms with Crippen molar-refractivity contribution in [1.29, 1.82) is 0 Å². The molecule has 0 atom stereocenters. The average molecular weight is 431 g/mol. The lowest BCUT2D eigenvalue weighted by Gasteiger charge is -2.49. The third kappa shape index (κ3) is 8.51. The van der Waals surface area contributed by atoms with Crippen LogP contribution in [-0.4, -0.2) is 33.5 Å². The van der Waals surface area contributed by atoms with E-state index in [0.29, 0.717) is 6.42 Å². The smallest absolute Gasteiger partial charge is 0.303 e. The minimum absolute atomic E-state index is 0.0833. The van der Waals surface area contributed by atoms with Crippen molar-refractivity contribution in [2.45, 2.75) is 123 Å². The van der Waals surface area contributed by atoms with E-state index in [1.54, 1.807) is 0 Å². The molecule has 0 aromatic carbocycles. The van der Waals surface area contributed by atoms with Gasteiger partial charge in [-0.25, -0.2) is 0 Å². The average Bonchev–Trinajstić information content (AvgIpc) is 2.43. The van der Waals surface area contributed by atoms with Crippen molar-refractivity contribution in [2.75, 3.05) is 0 Å². The molecule has 0 aromatic heterocycles. The van der Waals surface area contributed by atoms with Gasteiger partial charge in [0.05, 0.1) is 0 Å². The van der Waals surface area contributed by atoms with Crippen LogP contribution in [-0.2, 0) is 13.6 Å². The van der Waals surface area contributed by atoms with Crippen molar-refractivity contribution >= 4 is 22.6 Å². The summed E-state index contributed by atoms with van der Waals surface area (Å²) in [6, 6.07) is 0. The Morgan fingerprint density at radius 3 is 1.61 bits per heavy atom. The molecule has 0 aliphatic carbocycles. The first-order valence-electron chi connectivity index (χ1n) is 10.7. The summed E-state index contributed by atoms with van der Waals surface area (Å²) in [7, 11) is -4.14. The van der Waals surface area contributed by atoms with E-state index in [-0.39, 0.29) is 16.5 Å². The molecule has 0 rings (SSSR count). The largest absolute Gasteiger partial charge is 0.481 e. The highest BCUT2D eigenvalue weighted by atomic mass is 28.4. The minimum Gasteiger partial charge on any atom is -0.481 e. The van der Waals surface area contributed by atoms with Gasteiger partial charge in [-0.3, -0.25) is 4.79 Å². The van der Waals surface area contributed by atoms with E-state index in [2.05, 4.69) is 73.8 Å². The van der Waals surface area contributed by atoms with Crippen LogP contribution in [0.1, 0.15) is 80.6 Å². The van der Waals surface area contributed by atoms with Gasteiger partial charge in [-0.2, -0.15) is 0 Å². The summed E-state index contributed by atoms with van der Waals surface area (Å²) in [6.45, 7) is 24.6. The highest BCUT2D eigenvalue weighted by molar-refractivity contribution is 6.75. The lowest BCUT2D eigenvalue weighted by Crippen LogP contribution is -2.56. The molecule has 0 fully saturated rings. The molecule has 0 saturated carbocycles. The number of unbranched alkanes of at least 4 members (excludes halogenated alkanes) is 2. The van der Waals surface area contributed by atoms with Crippen LogP contribution >= 0.6 is 0 Å². The summed E-state index contributed by atoms with van der Waals surface area (Å²) < 4.78 is 13.9. The van der Waals surface area contributed by atoms with Gasteiger partial charge in [-0.15, -0.1) is 0 Å². The molecule has 28 heavy (non-hydrogen) atoms. The molecule has 166 valence electrons. The molecule has 0 unspecified atom stereocenters. The van der Waals surface area contributed by atoms with Gasteiger partial charge in [-0.1, -0.05) is 54.0 Å². The highest BCUT2D eigenvalue weighted by Crippen LogP contribution is 2.45. The topological polar surface area (TPSA) is 55.8 Å². The van der Waals surface area contributed by atoms with E-state index in [4.69, 9.17) is 14.0 Å². The van der Waals surface area contributed by atoms with Gasteiger partial charge < -0.3 is 14.0 Å². The van der Waals surface area contributed by atoms with Crippen LogP contribution in [0.15, 0.2) is 12.2 Å². The minimum atomic E-state index is -2.07. The molecule has 0 heterocycles. The molecule has 4 nitrogen and oxygen atoms in total. The number of rotatable bonds is 11. The van der Waals surface area contributed by atoms with Gasteiger partial charge in [0.25, 0.3) is 0 Å². The summed E-state index contributed by atoms with van der Waals surface area (Å²) in [5.74, 6) is -1.46. The van der Waals surface area contributed by atoms with Crippen LogP contribution < -0.4 is 0 Å². The SMILES string of the molecule is C/C=C/C(CCCCCC(=O)O)(O[Si](C)(C)C(C)(C)C)O[Si](C)(C)C(C)(C)C. The normalized spacial score (nSPS) is 14.7. The number of hydrogen-bond donors (Lipinski definition) is 1. The fraction of sp³-hybridized carbons (Fsp3) is 0.864. The van der Waals surface area contributed by atoms with E-state index in [1.165, 1.54) is 0 Å². The van der Waals surface area contributed by atoms with Crippen LogP contribution in [0.3, 0.4) is 0 Å². The van der Waals surface area contributed by atoms with Crippen molar-refractivity contribution in [2.24, 2.45) is 0 Å². The fourth-order valence-corrected chi connectivity index (χ4v) is 5.37. The third-order valence-electron chi connectivity index (χ3n) is 6.30. The van der Waals surface area contributed by atoms with Crippen molar-refractivity contribution in [1.82, 2.24) is 0 Å². The first-order chi connectivity index (χ1) is 12.4. The summed E-state index contributed by atoms with van der Waals surface area (Å²) in [5.41, 5.74) is 0. The third-order valence-corrected chi connectivity index (χ3v) is 15.2. The molecule has 0 aromatic rings. The van der Waals surface area contributed by atoms with Gasteiger partial charge in [0, 0.05) is 12.8 Å². The molecule has 1 N–H and O–H groups in total. The Hall–Kier alpha value is -0.436.